The van der Waals surface area contributed by atoms with Crippen molar-refractivity contribution in [2.24, 2.45) is 0 Å². The molecule has 5 atom stereocenters. The number of esters is 3. The number of phosphoric ester groups is 2. The number of phosphoric acid groups is 2. The quantitative estimate of drug-likeness (QED) is 0.0146. The van der Waals surface area contributed by atoms with E-state index in [1.807, 2.05) is 0 Å². The number of rotatable bonds is 72. The second kappa shape index (κ2) is 73.4. The van der Waals surface area contributed by atoms with Crippen molar-refractivity contribution in [3.63, 3.8) is 0 Å². The minimum atomic E-state index is -4.94. The third kappa shape index (κ3) is 74.7. The molecule has 0 saturated carbocycles. The molecule has 0 aromatic carbocycles. The van der Waals surface area contributed by atoms with Crippen LogP contribution < -0.4 is 0 Å². The van der Waals surface area contributed by atoms with Gasteiger partial charge in [-0.1, -0.05) is 283 Å². The summed E-state index contributed by atoms with van der Waals surface area (Å²) in [7, 11) is -9.80. The number of unbranched alkanes of at least 4 members (excludes halogenated alkanes) is 27. The van der Waals surface area contributed by atoms with Crippen molar-refractivity contribution in [2.45, 2.75) is 322 Å². The fourth-order valence-corrected chi connectivity index (χ4v) is 11.6. The van der Waals surface area contributed by atoms with Crippen LogP contribution in [0, 0.1) is 0 Å². The van der Waals surface area contributed by atoms with Crippen LogP contribution in [0.2, 0.25) is 0 Å². The Morgan fingerprint density at radius 2 is 0.535 bits per heavy atom. The van der Waals surface area contributed by atoms with E-state index in [9.17, 15) is 43.5 Å². The van der Waals surface area contributed by atoms with Gasteiger partial charge in [-0.05, 0) is 135 Å². The number of aliphatic hydroxyl groups excluding tert-OH is 2. The van der Waals surface area contributed by atoms with Gasteiger partial charge in [-0.25, -0.2) is 9.13 Å². The summed E-state index contributed by atoms with van der Waals surface area (Å²) < 4.78 is 61.1. The van der Waals surface area contributed by atoms with Crippen molar-refractivity contribution in [3.8, 4) is 0 Å². The molecule has 0 rings (SSSR count). The molecule has 0 heterocycles. The maximum Gasteiger partial charge on any atom is 0.472 e. The van der Waals surface area contributed by atoms with Crippen LogP contribution in [0.4, 0.5) is 0 Å². The Morgan fingerprint density at radius 3 is 0.848 bits per heavy atom. The molecule has 0 spiro atoms. The van der Waals surface area contributed by atoms with Crippen molar-refractivity contribution < 1.29 is 75.8 Å². The van der Waals surface area contributed by atoms with Crippen LogP contribution >= 0.6 is 15.6 Å². The first-order chi connectivity index (χ1) is 48.2. The molecular formula is C81H138O16P2. The van der Waals surface area contributed by atoms with Gasteiger partial charge in [0.1, 0.15) is 25.4 Å². The van der Waals surface area contributed by atoms with E-state index in [2.05, 4.69) is 154 Å². The minimum absolute atomic E-state index is 0.0828. The Kier molecular flexibility index (Phi) is 70.2. The molecule has 4 N–H and O–H groups in total. The lowest BCUT2D eigenvalue weighted by molar-refractivity contribution is -0.161. The van der Waals surface area contributed by atoms with Crippen LogP contribution in [0.5, 0.6) is 0 Å². The monoisotopic (exact) mass is 1430 g/mol. The van der Waals surface area contributed by atoms with E-state index in [0.29, 0.717) is 19.3 Å². The van der Waals surface area contributed by atoms with E-state index in [1.165, 1.54) is 77.0 Å². The maximum atomic E-state index is 12.9. The van der Waals surface area contributed by atoms with Crippen LogP contribution in [-0.2, 0) is 55.8 Å². The maximum absolute atomic E-state index is 12.9. The molecule has 0 fully saturated rings. The number of allylic oxidation sites excluding steroid dienone is 22. The van der Waals surface area contributed by atoms with Gasteiger partial charge in [0.05, 0.1) is 26.4 Å². The minimum Gasteiger partial charge on any atom is -0.463 e. The van der Waals surface area contributed by atoms with Gasteiger partial charge < -0.3 is 34.2 Å². The van der Waals surface area contributed by atoms with Gasteiger partial charge in [-0.2, -0.15) is 0 Å². The first-order valence-electron chi connectivity index (χ1n) is 38.5. The Balaban J connectivity index is 4.53. The Bertz CT molecular complexity index is 2330. The lowest BCUT2D eigenvalue weighted by Gasteiger charge is -2.21. The molecule has 0 aliphatic heterocycles. The van der Waals surface area contributed by atoms with Gasteiger partial charge in [0.2, 0.25) is 0 Å². The lowest BCUT2D eigenvalue weighted by atomic mass is 10.0. The number of hydrogen-bond acceptors (Lipinski definition) is 14. The van der Waals surface area contributed by atoms with Crippen LogP contribution in [0.15, 0.2) is 134 Å². The van der Waals surface area contributed by atoms with Gasteiger partial charge in [-0.3, -0.25) is 32.5 Å². The molecule has 18 heteroatoms. The Labute approximate surface area is 601 Å². The third-order valence-corrected chi connectivity index (χ3v) is 17.7. The third-order valence-electron chi connectivity index (χ3n) is 15.8. The highest BCUT2D eigenvalue weighted by atomic mass is 31.2. The topological polar surface area (TPSA) is 231 Å². The summed E-state index contributed by atoms with van der Waals surface area (Å²) in [5.74, 6) is -1.61. The van der Waals surface area contributed by atoms with E-state index in [-0.39, 0.29) is 19.3 Å². The molecule has 0 radical (unpaired) electrons. The van der Waals surface area contributed by atoms with Gasteiger partial charge in [0, 0.05) is 19.3 Å². The number of ether oxygens (including phenoxy) is 3. The molecule has 5 unspecified atom stereocenters. The molecule has 0 aliphatic rings. The van der Waals surface area contributed by atoms with E-state index in [0.717, 1.165) is 167 Å². The number of aliphatic hydroxyl groups is 2. The zero-order chi connectivity index (χ0) is 72.3. The fourth-order valence-electron chi connectivity index (χ4n) is 10.0. The Morgan fingerprint density at radius 1 is 0.293 bits per heavy atom. The molecule has 0 aromatic heterocycles. The van der Waals surface area contributed by atoms with Crippen molar-refractivity contribution in [2.75, 3.05) is 39.6 Å². The van der Waals surface area contributed by atoms with Gasteiger partial charge in [0.15, 0.2) is 6.10 Å². The van der Waals surface area contributed by atoms with E-state index in [1.54, 1.807) is 0 Å². The van der Waals surface area contributed by atoms with Crippen LogP contribution in [0.3, 0.4) is 0 Å². The second-order valence-electron chi connectivity index (χ2n) is 25.4. The van der Waals surface area contributed by atoms with E-state index in [4.69, 9.17) is 32.3 Å². The summed E-state index contributed by atoms with van der Waals surface area (Å²) in [5.41, 5.74) is 0. The molecule has 568 valence electrons. The number of hydrogen-bond donors (Lipinski definition) is 4. The normalized spacial score (nSPS) is 14.8. The summed E-state index contributed by atoms with van der Waals surface area (Å²) in [6.45, 7) is 2.40. The summed E-state index contributed by atoms with van der Waals surface area (Å²) in [5, 5.41) is 20.6. The molecule has 0 amide bonds. The van der Waals surface area contributed by atoms with Gasteiger partial charge >= 0.3 is 33.6 Å². The summed E-state index contributed by atoms with van der Waals surface area (Å²) in [6.07, 6.45) is 87.8. The average molecular weight is 1430 g/mol. The summed E-state index contributed by atoms with van der Waals surface area (Å²) in [4.78, 5) is 58.6. The van der Waals surface area contributed by atoms with Crippen molar-refractivity contribution in [1.82, 2.24) is 0 Å². The predicted molar refractivity (Wildman–Crippen MR) is 408 cm³/mol. The molecule has 16 nitrogen and oxygen atoms in total. The zero-order valence-electron chi connectivity index (χ0n) is 61.9. The molecule has 0 saturated heterocycles. The van der Waals surface area contributed by atoms with Gasteiger partial charge in [0.25, 0.3) is 0 Å². The highest BCUT2D eigenvalue weighted by Crippen LogP contribution is 2.45. The van der Waals surface area contributed by atoms with Crippen LogP contribution in [0.25, 0.3) is 0 Å². The van der Waals surface area contributed by atoms with Crippen LogP contribution in [-0.4, -0.2) is 95.9 Å². The summed E-state index contributed by atoms with van der Waals surface area (Å²) >= 11 is 0. The molecule has 0 aliphatic carbocycles. The smallest absolute Gasteiger partial charge is 0.463 e. The highest BCUT2D eigenvalue weighted by Gasteiger charge is 2.29. The number of carbonyl (C=O) groups is 3. The average Bonchev–Trinajstić information content (AvgIpc) is 1.73. The Hall–Kier alpha value is -4.31. The summed E-state index contributed by atoms with van der Waals surface area (Å²) in [6, 6.07) is 0. The lowest BCUT2D eigenvalue weighted by Crippen LogP contribution is -2.30. The van der Waals surface area contributed by atoms with Crippen molar-refractivity contribution >= 4 is 33.6 Å². The van der Waals surface area contributed by atoms with Gasteiger partial charge in [-0.15, -0.1) is 0 Å². The van der Waals surface area contributed by atoms with Crippen molar-refractivity contribution in [3.05, 3.63) is 134 Å². The number of carbonyl (C=O) groups excluding carboxylic acids is 3. The SMILES string of the molecule is CC/C=C\C/C=C\C/C=C\C/C=C\C/C=C\CCCCCCCCCCCCCCCC(=O)OCC(O)COP(=O)(O)OCC(O)COP(=O)(O)OCC(COC(=O)CCCCCCCC/C=C\C/C=C\C/C=C\C/C=C\CC)OC(=O)CCCCCCC/C=C\C/C=C\CCCCC. The zero-order valence-corrected chi connectivity index (χ0v) is 63.7. The first kappa shape index (κ1) is 94.7. The molecule has 99 heavy (non-hydrogen) atoms. The molecular weight excluding hydrogens is 1290 g/mol. The standard InChI is InChI=1S/C81H138O16P2/c1-4-7-10-13-16-19-22-25-28-30-32-33-34-35-36-37-38-39-40-41-43-45-47-49-52-55-58-61-64-67-79(84)91-70-76(82)71-93-98(87,88)94-72-77(83)73-95-99(89,90)96-75-78(97-81(86)69-66-63-60-57-54-51-46-27-24-21-18-15-12-9-6-3)74-92-80(85)68-65-62-59-56-53-50-48-44-42-31-29-26-23-20-17-14-11-8-5-2/h7-8,10-11,16-21,25-29,32-33,35-36,42,44,46,76-78,82-83H,4-6,9,12-15,22-24,30-31,34,37-41,43,45,47-75H2,1-3H3,(H,87,88)(H,89,90)/b10-7-,11-8-,19-16-,20-17-,21-18-,28-25-,29-26-,33-32-,36-35-,44-42-,46-27-. The molecule has 0 bridgehead atoms. The van der Waals surface area contributed by atoms with Crippen molar-refractivity contribution in [1.29, 1.82) is 0 Å². The second-order valence-corrected chi connectivity index (χ2v) is 28.3. The van der Waals surface area contributed by atoms with E-state index < -0.39 is 91.5 Å². The van der Waals surface area contributed by atoms with E-state index >= 15 is 0 Å². The highest BCUT2D eigenvalue weighted by molar-refractivity contribution is 7.47. The predicted octanol–water partition coefficient (Wildman–Crippen LogP) is 22.3. The largest absolute Gasteiger partial charge is 0.472 e. The molecule has 0 aromatic rings. The fraction of sp³-hybridized carbons (Fsp3) is 0.691. The first-order valence-corrected chi connectivity index (χ1v) is 41.5. The van der Waals surface area contributed by atoms with Crippen LogP contribution in [0.1, 0.15) is 303 Å².